The summed E-state index contributed by atoms with van der Waals surface area (Å²) in [5.41, 5.74) is 3.58. The maximum absolute atomic E-state index is 12.9. The van der Waals surface area contributed by atoms with Crippen LogP contribution in [0.15, 0.2) is 51.7 Å². The van der Waals surface area contributed by atoms with Crippen molar-refractivity contribution in [2.75, 3.05) is 0 Å². The predicted molar refractivity (Wildman–Crippen MR) is 96.5 cm³/mol. The first kappa shape index (κ1) is 17.9. The average molecular weight is 354 g/mol. The summed E-state index contributed by atoms with van der Waals surface area (Å²) in [5.74, 6) is -0.684. The van der Waals surface area contributed by atoms with E-state index in [9.17, 15) is 14.0 Å². The molecule has 26 heavy (non-hydrogen) atoms. The summed E-state index contributed by atoms with van der Waals surface area (Å²) in [7, 11) is 0. The van der Waals surface area contributed by atoms with E-state index in [0.29, 0.717) is 17.6 Å². The van der Waals surface area contributed by atoms with Crippen LogP contribution in [-0.4, -0.2) is 5.97 Å². The van der Waals surface area contributed by atoms with Gasteiger partial charge in [0, 0.05) is 23.4 Å². The zero-order valence-electron chi connectivity index (χ0n) is 14.7. The summed E-state index contributed by atoms with van der Waals surface area (Å²) in [6.07, 6.45) is 0.651. The van der Waals surface area contributed by atoms with Crippen molar-refractivity contribution in [1.29, 1.82) is 0 Å². The van der Waals surface area contributed by atoms with Crippen LogP contribution in [0, 0.1) is 19.7 Å². The minimum Gasteiger partial charge on any atom is -0.461 e. The Morgan fingerprint density at radius 2 is 1.77 bits per heavy atom. The lowest BCUT2D eigenvalue weighted by Crippen LogP contribution is -2.08. The van der Waals surface area contributed by atoms with Crippen molar-refractivity contribution in [2.45, 2.75) is 33.3 Å². The van der Waals surface area contributed by atoms with Crippen LogP contribution in [0.2, 0.25) is 0 Å². The molecule has 0 radical (unpaired) electrons. The molecule has 0 atom stereocenters. The number of halogens is 1. The van der Waals surface area contributed by atoms with Gasteiger partial charge >= 0.3 is 11.6 Å². The molecule has 0 N–H and O–H groups in total. The first-order chi connectivity index (χ1) is 12.4. The molecule has 0 aliphatic rings. The van der Waals surface area contributed by atoms with Crippen LogP contribution in [0.3, 0.4) is 0 Å². The Morgan fingerprint density at radius 3 is 2.50 bits per heavy atom. The monoisotopic (exact) mass is 354 g/mol. The van der Waals surface area contributed by atoms with Crippen molar-refractivity contribution < 1.29 is 18.3 Å². The molecular formula is C21H19FO4. The summed E-state index contributed by atoms with van der Waals surface area (Å²) in [4.78, 5) is 23.7. The highest BCUT2D eigenvalue weighted by molar-refractivity contribution is 5.82. The van der Waals surface area contributed by atoms with E-state index in [2.05, 4.69) is 0 Å². The zero-order valence-corrected chi connectivity index (χ0v) is 14.7. The lowest BCUT2D eigenvalue weighted by molar-refractivity contribution is -0.144. The van der Waals surface area contributed by atoms with Gasteiger partial charge in [-0.2, -0.15) is 0 Å². The van der Waals surface area contributed by atoms with Crippen LogP contribution in [0.1, 0.15) is 28.7 Å². The lowest BCUT2D eigenvalue weighted by atomic mass is 10.0. The Hall–Kier alpha value is -2.95. The Balaban J connectivity index is 1.69. The van der Waals surface area contributed by atoms with E-state index in [1.807, 2.05) is 26.0 Å². The van der Waals surface area contributed by atoms with Crippen molar-refractivity contribution in [3.05, 3.63) is 81.0 Å². The van der Waals surface area contributed by atoms with E-state index < -0.39 is 5.63 Å². The number of rotatable bonds is 5. The molecule has 1 heterocycles. The summed E-state index contributed by atoms with van der Waals surface area (Å²) in [5, 5.41) is 0.763. The second-order valence-corrected chi connectivity index (χ2v) is 6.31. The van der Waals surface area contributed by atoms with E-state index in [-0.39, 0.29) is 24.8 Å². The van der Waals surface area contributed by atoms with Gasteiger partial charge < -0.3 is 9.15 Å². The van der Waals surface area contributed by atoms with Gasteiger partial charge in [-0.1, -0.05) is 12.1 Å². The fourth-order valence-electron chi connectivity index (χ4n) is 2.73. The number of hydrogen-bond donors (Lipinski definition) is 0. The van der Waals surface area contributed by atoms with Gasteiger partial charge in [0.1, 0.15) is 18.0 Å². The highest BCUT2D eigenvalue weighted by Crippen LogP contribution is 2.22. The number of fused-ring (bicyclic) bond motifs is 1. The molecule has 0 fully saturated rings. The largest absolute Gasteiger partial charge is 0.461 e. The molecule has 1 aromatic heterocycles. The number of esters is 1. The zero-order chi connectivity index (χ0) is 18.7. The third-order valence-corrected chi connectivity index (χ3v) is 4.36. The summed E-state index contributed by atoms with van der Waals surface area (Å²) in [6.45, 7) is 3.92. The number of ether oxygens (including phenoxy) is 1. The normalized spacial score (nSPS) is 10.9. The van der Waals surface area contributed by atoms with Gasteiger partial charge in [0.2, 0.25) is 0 Å². The van der Waals surface area contributed by atoms with E-state index in [1.54, 1.807) is 12.1 Å². The smallest absolute Gasteiger partial charge is 0.336 e. The van der Waals surface area contributed by atoms with Crippen LogP contribution in [0.25, 0.3) is 11.0 Å². The van der Waals surface area contributed by atoms with Crippen LogP contribution in [0.4, 0.5) is 4.39 Å². The van der Waals surface area contributed by atoms with Crippen LogP contribution >= 0.6 is 0 Å². The van der Waals surface area contributed by atoms with E-state index in [0.717, 1.165) is 22.1 Å². The Kier molecular flexibility index (Phi) is 5.16. The number of benzene rings is 2. The summed E-state index contributed by atoms with van der Waals surface area (Å²) >= 11 is 0. The summed E-state index contributed by atoms with van der Waals surface area (Å²) < 4.78 is 23.4. The molecule has 2 aromatic carbocycles. The molecular weight excluding hydrogens is 335 g/mol. The van der Waals surface area contributed by atoms with Crippen molar-refractivity contribution >= 4 is 16.9 Å². The fraction of sp³-hybridized carbons (Fsp3) is 0.238. The van der Waals surface area contributed by atoms with Crippen LogP contribution in [0.5, 0.6) is 0 Å². The molecule has 0 saturated carbocycles. The van der Waals surface area contributed by atoms with Crippen LogP contribution < -0.4 is 5.63 Å². The molecule has 5 heteroatoms. The molecule has 0 saturated heterocycles. The molecule has 3 rings (SSSR count). The van der Waals surface area contributed by atoms with E-state index in [4.69, 9.17) is 9.15 Å². The Morgan fingerprint density at radius 1 is 1.08 bits per heavy atom. The minimum atomic E-state index is -0.474. The topological polar surface area (TPSA) is 56.5 Å². The van der Waals surface area contributed by atoms with E-state index >= 15 is 0 Å². The van der Waals surface area contributed by atoms with Gasteiger partial charge in [0.25, 0.3) is 0 Å². The fourth-order valence-corrected chi connectivity index (χ4v) is 2.73. The number of hydrogen-bond acceptors (Lipinski definition) is 4. The number of carbonyl (C=O) groups is 1. The third-order valence-electron chi connectivity index (χ3n) is 4.36. The molecule has 3 aromatic rings. The van der Waals surface area contributed by atoms with Gasteiger partial charge in [-0.3, -0.25) is 4.79 Å². The van der Waals surface area contributed by atoms with Crippen molar-refractivity contribution in [3.63, 3.8) is 0 Å². The van der Waals surface area contributed by atoms with E-state index in [1.165, 1.54) is 18.2 Å². The molecule has 0 aliphatic heterocycles. The van der Waals surface area contributed by atoms with Crippen molar-refractivity contribution in [1.82, 2.24) is 0 Å². The van der Waals surface area contributed by atoms with Crippen LogP contribution in [-0.2, 0) is 22.6 Å². The van der Waals surface area contributed by atoms with Gasteiger partial charge in [-0.25, -0.2) is 9.18 Å². The molecule has 0 spiro atoms. The minimum absolute atomic E-state index is 0.00680. The molecule has 0 bridgehead atoms. The second kappa shape index (κ2) is 7.52. The Bertz CT molecular complexity index is 1000. The summed E-state index contributed by atoms with van der Waals surface area (Å²) in [6, 6.07) is 11.1. The molecule has 134 valence electrons. The first-order valence-electron chi connectivity index (χ1n) is 8.36. The lowest BCUT2D eigenvalue weighted by Gasteiger charge is -2.09. The SMILES string of the molecule is Cc1cc2oc(=O)cc(COC(=O)CCc3ccc(F)cc3)c2cc1C. The maximum atomic E-state index is 12.9. The molecule has 0 aliphatic carbocycles. The first-order valence-corrected chi connectivity index (χ1v) is 8.36. The highest BCUT2D eigenvalue weighted by Gasteiger charge is 2.11. The number of carbonyl (C=O) groups excluding carboxylic acids is 1. The van der Waals surface area contributed by atoms with Gasteiger partial charge in [-0.15, -0.1) is 0 Å². The van der Waals surface area contributed by atoms with Gasteiger partial charge in [0.15, 0.2) is 0 Å². The van der Waals surface area contributed by atoms with Crippen molar-refractivity contribution in [2.24, 2.45) is 0 Å². The molecule has 4 nitrogen and oxygen atoms in total. The number of aryl methyl sites for hydroxylation is 3. The predicted octanol–water partition coefficient (Wildman–Crippen LogP) is 4.22. The third kappa shape index (κ3) is 4.17. The highest BCUT2D eigenvalue weighted by atomic mass is 19.1. The standard InChI is InChI=1S/C21H19FO4/c1-13-9-18-16(11-21(24)26-19(18)10-14(13)2)12-25-20(23)8-5-15-3-6-17(22)7-4-15/h3-4,6-7,9-11H,5,8,12H2,1-2H3. The van der Waals surface area contributed by atoms with Crippen molar-refractivity contribution in [3.8, 4) is 0 Å². The van der Waals surface area contributed by atoms with Gasteiger partial charge in [0.05, 0.1) is 0 Å². The molecule has 0 unspecified atom stereocenters. The second-order valence-electron chi connectivity index (χ2n) is 6.31. The molecule has 0 amide bonds. The maximum Gasteiger partial charge on any atom is 0.336 e. The average Bonchev–Trinajstić information content (AvgIpc) is 2.60. The quantitative estimate of drug-likeness (QED) is 0.508. The Labute approximate surface area is 150 Å². The van der Waals surface area contributed by atoms with Gasteiger partial charge in [-0.05, 0) is 61.2 Å².